The van der Waals surface area contributed by atoms with Crippen LogP contribution in [-0.2, 0) is 18.6 Å². The van der Waals surface area contributed by atoms with Crippen LogP contribution in [0.2, 0.25) is 5.02 Å². The minimum atomic E-state index is -0.545. The zero-order valence-electron chi connectivity index (χ0n) is 22.7. The standard InChI is InChI=1S/C31H33ClN6O/c1-5-31(3,4)38-29(34-35-36-38)28(25-18-23-16-15-21(2)17-27(23)33-30(25)39)37(19-22-11-7-6-8-12-22)20-24-13-9-10-14-26(24)32/h6-18,28H,5,19-20H2,1-4H3,(H,33,39)/t28-/m1/s1. The van der Waals surface area contributed by atoms with Gasteiger partial charge in [0.15, 0.2) is 5.82 Å². The van der Waals surface area contributed by atoms with Crippen LogP contribution in [0.4, 0.5) is 0 Å². The third-order valence-corrected chi connectivity index (χ3v) is 7.80. The second-order valence-electron chi connectivity index (χ2n) is 10.6. The molecule has 200 valence electrons. The highest BCUT2D eigenvalue weighted by Crippen LogP contribution is 2.33. The van der Waals surface area contributed by atoms with Crippen molar-refractivity contribution < 1.29 is 0 Å². The van der Waals surface area contributed by atoms with E-state index in [2.05, 4.69) is 64.4 Å². The van der Waals surface area contributed by atoms with Gasteiger partial charge in [-0.3, -0.25) is 9.69 Å². The van der Waals surface area contributed by atoms with Crippen molar-refractivity contribution in [2.45, 2.75) is 58.8 Å². The summed E-state index contributed by atoms with van der Waals surface area (Å²) in [5.41, 5.74) is 4.01. The van der Waals surface area contributed by atoms with Gasteiger partial charge in [-0.15, -0.1) is 5.10 Å². The van der Waals surface area contributed by atoms with Gasteiger partial charge in [0.1, 0.15) is 6.04 Å². The van der Waals surface area contributed by atoms with Crippen LogP contribution >= 0.6 is 11.6 Å². The fraction of sp³-hybridized carbons (Fsp3) is 0.290. The van der Waals surface area contributed by atoms with E-state index in [4.69, 9.17) is 11.6 Å². The van der Waals surface area contributed by atoms with Crippen LogP contribution in [0.25, 0.3) is 10.9 Å². The molecule has 1 N–H and O–H groups in total. The monoisotopic (exact) mass is 540 g/mol. The van der Waals surface area contributed by atoms with Gasteiger partial charge in [-0.1, -0.05) is 79.2 Å². The summed E-state index contributed by atoms with van der Waals surface area (Å²) in [4.78, 5) is 19.2. The molecule has 2 aromatic heterocycles. The summed E-state index contributed by atoms with van der Waals surface area (Å²) in [7, 11) is 0. The highest BCUT2D eigenvalue weighted by Gasteiger charge is 2.34. The van der Waals surface area contributed by atoms with Gasteiger partial charge in [0.25, 0.3) is 5.56 Å². The molecule has 7 nitrogen and oxygen atoms in total. The molecule has 0 bridgehead atoms. The summed E-state index contributed by atoms with van der Waals surface area (Å²) in [6.45, 7) is 9.38. The number of H-pyrrole nitrogens is 1. The maximum atomic E-state index is 13.8. The highest BCUT2D eigenvalue weighted by atomic mass is 35.5. The lowest BCUT2D eigenvalue weighted by atomic mass is 9.98. The van der Waals surface area contributed by atoms with Gasteiger partial charge in [0, 0.05) is 29.2 Å². The lowest BCUT2D eigenvalue weighted by molar-refractivity contribution is 0.180. The van der Waals surface area contributed by atoms with Crippen LogP contribution in [0.5, 0.6) is 0 Å². The molecule has 2 heterocycles. The number of pyridine rings is 1. The third-order valence-electron chi connectivity index (χ3n) is 7.43. The minimum Gasteiger partial charge on any atom is -0.322 e. The number of benzene rings is 3. The molecule has 0 amide bonds. The van der Waals surface area contributed by atoms with Crippen LogP contribution in [0.1, 0.15) is 61.3 Å². The van der Waals surface area contributed by atoms with E-state index >= 15 is 0 Å². The first-order valence-electron chi connectivity index (χ1n) is 13.2. The van der Waals surface area contributed by atoms with Crippen molar-refractivity contribution in [1.82, 2.24) is 30.1 Å². The topological polar surface area (TPSA) is 79.7 Å². The van der Waals surface area contributed by atoms with Gasteiger partial charge < -0.3 is 4.98 Å². The van der Waals surface area contributed by atoms with Crippen molar-refractivity contribution in [2.24, 2.45) is 0 Å². The van der Waals surface area contributed by atoms with Gasteiger partial charge in [-0.05, 0) is 77.9 Å². The van der Waals surface area contributed by atoms with Gasteiger partial charge >= 0.3 is 0 Å². The first kappa shape index (κ1) is 26.8. The van der Waals surface area contributed by atoms with Crippen LogP contribution in [0, 0.1) is 6.92 Å². The average Bonchev–Trinajstić information content (AvgIpc) is 3.41. The fourth-order valence-electron chi connectivity index (χ4n) is 4.88. The molecule has 0 aliphatic heterocycles. The van der Waals surface area contributed by atoms with E-state index in [0.29, 0.717) is 29.5 Å². The number of aromatic nitrogens is 5. The Labute approximate surface area is 233 Å². The number of halogens is 1. The molecule has 0 fully saturated rings. The molecule has 5 aromatic rings. The highest BCUT2D eigenvalue weighted by molar-refractivity contribution is 6.31. The Morgan fingerprint density at radius 2 is 1.74 bits per heavy atom. The maximum absolute atomic E-state index is 13.8. The Hall–Kier alpha value is -3.81. The minimum absolute atomic E-state index is 0.167. The number of hydrogen-bond donors (Lipinski definition) is 1. The van der Waals surface area contributed by atoms with Crippen LogP contribution < -0.4 is 5.56 Å². The Kier molecular flexibility index (Phi) is 7.64. The molecule has 0 saturated carbocycles. The van der Waals surface area contributed by atoms with E-state index in [1.807, 2.05) is 72.3 Å². The fourth-order valence-corrected chi connectivity index (χ4v) is 5.08. The Morgan fingerprint density at radius 3 is 2.49 bits per heavy atom. The van der Waals surface area contributed by atoms with Gasteiger partial charge in [0.2, 0.25) is 0 Å². The molecule has 5 rings (SSSR count). The number of aryl methyl sites for hydroxylation is 1. The average molecular weight is 541 g/mol. The number of aromatic amines is 1. The molecule has 0 saturated heterocycles. The smallest absolute Gasteiger partial charge is 0.253 e. The van der Waals surface area contributed by atoms with Gasteiger partial charge in [-0.2, -0.15) is 0 Å². The number of tetrazole rings is 1. The normalized spacial score (nSPS) is 12.8. The molecular formula is C31H33ClN6O. The quantitative estimate of drug-likeness (QED) is 0.233. The zero-order chi connectivity index (χ0) is 27.6. The van der Waals surface area contributed by atoms with Gasteiger partial charge in [0.05, 0.1) is 5.54 Å². The molecular weight excluding hydrogens is 508 g/mol. The first-order valence-corrected chi connectivity index (χ1v) is 13.6. The zero-order valence-corrected chi connectivity index (χ0v) is 23.5. The molecule has 0 aliphatic rings. The molecule has 0 radical (unpaired) electrons. The lowest BCUT2D eigenvalue weighted by Crippen LogP contribution is -2.38. The van der Waals surface area contributed by atoms with E-state index in [9.17, 15) is 4.79 Å². The largest absolute Gasteiger partial charge is 0.322 e. The van der Waals surface area contributed by atoms with Gasteiger partial charge in [-0.25, -0.2) is 4.68 Å². The van der Waals surface area contributed by atoms with Crippen molar-refractivity contribution in [3.63, 3.8) is 0 Å². The third kappa shape index (κ3) is 5.65. The number of fused-ring (bicyclic) bond motifs is 1. The van der Waals surface area contributed by atoms with Crippen molar-refractivity contribution in [3.8, 4) is 0 Å². The second-order valence-corrected chi connectivity index (χ2v) is 11.1. The Balaban J connectivity index is 1.75. The van der Waals surface area contributed by atoms with E-state index in [0.717, 1.165) is 34.0 Å². The predicted octanol–water partition coefficient (Wildman–Crippen LogP) is 6.41. The summed E-state index contributed by atoms with van der Waals surface area (Å²) >= 11 is 6.66. The number of hydrogen-bond acceptors (Lipinski definition) is 5. The summed E-state index contributed by atoms with van der Waals surface area (Å²) in [5, 5.41) is 14.7. The summed E-state index contributed by atoms with van der Waals surface area (Å²) in [6.07, 6.45) is 0.814. The molecule has 0 spiro atoms. The van der Waals surface area contributed by atoms with Crippen LogP contribution in [0.3, 0.4) is 0 Å². The number of rotatable bonds is 9. The summed E-state index contributed by atoms with van der Waals surface area (Å²) in [6, 6.07) is 25.5. The lowest BCUT2D eigenvalue weighted by Gasteiger charge is -2.34. The Morgan fingerprint density at radius 1 is 1.00 bits per heavy atom. The van der Waals surface area contributed by atoms with Crippen molar-refractivity contribution >= 4 is 22.5 Å². The second kappa shape index (κ2) is 11.1. The van der Waals surface area contributed by atoms with Crippen LogP contribution in [0.15, 0.2) is 83.7 Å². The summed E-state index contributed by atoms with van der Waals surface area (Å²) in [5.74, 6) is 0.613. The predicted molar refractivity (Wildman–Crippen MR) is 156 cm³/mol. The van der Waals surface area contributed by atoms with Crippen molar-refractivity contribution in [1.29, 1.82) is 0 Å². The van der Waals surface area contributed by atoms with Crippen molar-refractivity contribution in [3.05, 3.63) is 122 Å². The van der Waals surface area contributed by atoms with E-state index in [1.165, 1.54) is 0 Å². The van der Waals surface area contributed by atoms with E-state index in [1.54, 1.807) is 0 Å². The molecule has 0 unspecified atom stereocenters. The van der Waals surface area contributed by atoms with E-state index < -0.39 is 6.04 Å². The molecule has 39 heavy (non-hydrogen) atoms. The SMILES string of the molecule is CCC(C)(C)n1nnnc1[C@@H](c1cc2ccc(C)cc2[nH]c1=O)N(Cc1ccccc1)Cc1ccccc1Cl. The number of nitrogens with one attached hydrogen (secondary N) is 1. The molecule has 3 aromatic carbocycles. The maximum Gasteiger partial charge on any atom is 0.253 e. The van der Waals surface area contributed by atoms with Crippen molar-refractivity contribution in [2.75, 3.05) is 0 Å². The molecule has 1 atom stereocenters. The first-order chi connectivity index (χ1) is 18.8. The summed E-state index contributed by atoms with van der Waals surface area (Å²) < 4.78 is 1.86. The Bertz CT molecular complexity index is 1640. The molecule has 8 heteroatoms. The number of nitrogens with zero attached hydrogens (tertiary/aromatic N) is 5. The molecule has 0 aliphatic carbocycles. The van der Waals surface area contributed by atoms with Crippen LogP contribution in [-0.4, -0.2) is 30.1 Å². The van der Waals surface area contributed by atoms with E-state index in [-0.39, 0.29) is 11.1 Å².